The molecule has 2 rings (SSSR count). The summed E-state index contributed by atoms with van der Waals surface area (Å²) >= 11 is 0. The van der Waals surface area contributed by atoms with Crippen molar-refractivity contribution in [3.05, 3.63) is 59.2 Å². The van der Waals surface area contributed by atoms with Crippen LogP contribution in [0.2, 0.25) is 0 Å². The van der Waals surface area contributed by atoms with Gasteiger partial charge in [-0.25, -0.2) is 5.43 Å². The highest BCUT2D eigenvalue weighted by atomic mass is 16.5. The average Bonchev–Trinajstić information content (AvgIpc) is 2.63. The Bertz CT molecular complexity index is 741. The van der Waals surface area contributed by atoms with E-state index in [2.05, 4.69) is 17.5 Å². The second-order valence-electron chi connectivity index (χ2n) is 5.68. The molecule has 25 heavy (non-hydrogen) atoms. The van der Waals surface area contributed by atoms with Crippen molar-refractivity contribution in [1.82, 2.24) is 5.43 Å². The number of methoxy groups -OCH3 is 2. The highest BCUT2D eigenvalue weighted by Gasteiger charge is 2.04. The van der Waals surface area contributed by atoms with E-state index in [4.69, 9.17) is 9.47 Å². The summed E-state index contributed by atoms with van der Waals surface area (Å²) in [6.07, 6.45) is 3.63. The van der Waals surface area contributed by atoms with Crippen molar-refractivity contribution in [1.29, 1.82) is 0 Å². The van der Waals surface area contributed by atoms with Crippen molar-refractivity contribution < 1.29 is 14.3 Å². The number of carbonyl (C=O) groups is 1. The van der Waals surface area contributed by atoms with Gasteiger partial charge >= 0.3 is 0 Å². The molecular weight excluding hydrogens is 316 g/mol. The molecule has 0 unspecified atom stereocenters. The van der Waals surface area contributed by atoms with E-state index in [0.29, 0.717) is 6.42 Å². The average molecular weight is 340 g/mol. The van der Waals surface area contributed by atoms with Gasteiger partial charge in [0.1, 0.15) is 11.5 Å². The van der Waals surface area contributed by atoms with Crippen molar-refractivity contribution in [2.45, 2.75) is 26.2 Å². The maximum atomic E-state index is 11.9. The van der Waals surface area contributed by atoms with Crippen molar-refractivity contribution in [2.75, 3.05) is 14.2 Å². The van der Waals surface area contributed by atoms with E-state index in [-0.39, 0.29) is 5.91 Å². The van der Waals surface area contributed by atoms with Crippen LogP contribution in [-0.2, 0) is 11.2 Å². The molecule has 0 atom stereocenters. The zero-order valence-electron chi connectivity index (χ0n) is 14.9. The fourth-order valence-electron chi connectivity index (χ4n) is 2.52. The van der Waals surface area contributed by atoms with Gasteiger partial charge in [0.25, 0.3) is 0 Å². The first-order valence-corrected chi connectivity index (χ1v) is 8.22. The number of ether oxygens (including phenoxy) is 2. The Kier molecular flexibility index (Phi) is 7.01. The molecule has 2 aromatic carbocycles. The summed E-state index contributed by atoms with van der Waals surface area (Å²) in [7, 11) is 3.26. The highest BCUT2D eigenvalue weighted by Crippen LogP contribution is 2.18. The van der Waals surface area contributed by atoms with E-state index < -0.39 is 0 Å². The number of carbonyl (C=O) groups excluding carboxylic acids is 1. The molecule has 0 saturated heterocycles. The van der Waals surface area contributed by atoms with Crippen molar-refractivity contribution in [3.8, 4) is 11.5 Å². The molecule has 132 valence electrons. The summed E-state index contributed by atoms with van der Waals surface area (Å²) in [5.41, 5.74) is 5.78. The third-order valence-electron chi connectivity index (χ3n) is 3.93. The predicted molar refractivity (Wildman–Crippen MR) is 99.4 cm³/mol. The van der Waals surface area contributed by atoms with E-state index in [9.17, 15) is 4.79 Å². The normalized spacial score (nSPS) is 10.7. The molecule has 0 aliphatic rings. The standard InChI is InChI=1S/C20H24N2O3/c1-15-13-18(24-2)12-11-16(15)8-6-10-20(23)22-21-14-17-7-4-5-9-19(17)25-3/h4-5,7,9,11-14H,6,8,10H2,1-3H3,(H,22,23)/b21-14-. The number of para-hydroxylation sites is 1. The molecule has 0 heterocycles. The van der Waals surface area contributed by atoms with Crippen LogP contribution in [0.25, 0.3) is 0 Å². The van der Waals surface area contributed by atoms with E-state index in [1.807, 2.05) is 42.5 Å². The minimum absolute atomic E-state index is 0.0997. The smallest absolute Gasteiger partial charge is 0.240 e. The molecule has 0 radical (unpaired) electrons. The van der Waals surface area contributed by atoms with Crippen LogP contribution >= 0.6 is 0 Å². The van der Waals surface area contributed by atoms with Crippen molar-refractivity contribution in [3.63, 3.8) is 0 Å². The molecule has 1 amide bonds. The van der Waals surface area contributed by atoms with Crippen LogP contribution in [0.3, 0.4) is 0 Å². The van der Waals surface area contributed by atoms with Crippen LogP contribution in [0.1, 0.15) is 29.5 Å². The van der Waals surface area contributed by atoms with E-state index in [1.165, 1.54) is 11.1 Å². The number of hydrazone groups is 1. The minimum atomic E-state index is -0.0997. The number of hydrogen-bond donors (Lipinski definition) is 1. The van der Waals surface area contributed by atoms with Gasteiger partial charge in [-0.15, -0.1) is 0 Å². The second kappa shape index (κ2) is 9.47. The molecule has 0 fully saturated rings. The Labute approximate surface area is 148 Å². The second-order valence-corrected chi connectivity index (χ2v) is 5.68. The van der Waals surface area contributed by atoms with E-state index >= 15 is 0 Å². The van der Waals surface area contributed by atoms with Crippen molar-refractivity contribution in [2.24, 2.45) is 5.10 Å². The van der Waals surface area contributed by atoms with Crippen LogP contribution in [0.5, 0.6) is 11.5 Å². The lowest BCUT2D eigenvalue weighted by atomic mass is 10.0. The Balaban J connectivity index is 1.78. The Morgan fingerprint density at radius 1 is 1.16 bits per heavy atom. The third-order valence-corrected chi connectivity index (χ3v) is 3.93. The zero-order valence-corrected chi connectivity index (χ0v) is 14.9. The van der Waals surface area contributed by atoms with Crippen LogP contribution in [-0.4, -0.2) is 26.3 Å². The van der Waals surface area contributed by atoms with Crippen LogP contribution in [0.4, 0.5) is 0 Å². The number of rotatable bonds is 8. The maximum Gasteiger partial charge on any atom is 0.240 e. The molecule has 0 aliphatic heterocycles. The third kappa shape index (κ3) is 5.64. The van der Waals surface area contributed by atoms with Gasteiger partial charge in [0.2, 0.25) is 5.91 Å². The Hall–Kier alpha value is -2.82. The van der Waals surface area contributed by atoms with Gasteiger partial charge < -0.3 is 9.47 Å². The Morgan fingerprint density at radius 3 is 2.68 bits per heavy atom. The van der Waals surface area contributed by atoms with Crippen LogP contribution in [0, 0.1) is 6.92 Å². The van der Waals surface area contributed by atoms with Crippen LogP contribution in [0.15, 0.2) is 47.6 Å². The fourth-order valence-corrected chi connectivity index (χ4v) is 2.52. The lowest BCUT2D eigenvalue weighted by Gasteiger charge is -2.07. The first kappa shape index (κ1) is 18.5. The SMILES string of the molecule is COc1ccc(CCCC(=O)N/N=C\c2ccccc2OC)c(C)c1. The van der Waals surface area contributed by atoms with Gasteiger partial charge in [0, 0.05) is 12.0 Å². The number of aryl methyl sites for hydroxylation is 2. The molecule has 1 N–H and O–H groups in total. The monoisotopic (exact) mass is 340 g/mol. The minimum Gasteiger partial charge on any atom is -0.497 e. The highest BCUT2D eigenvalue weighted by molar-refractivity contribution is 5.85. The molecule has 0 aliphatic carbocycles. The molecule has 0 aromatic heterocycles. The lowest BCUT2D eigenvalue weighted by Crippen LogP contribution is -2.17. The molecule has 2 aromatic rings. The first-order chi connectivity index (χ1) is 12.1. The molecule has 5 nitrogen and oxygen atoms in total. The summed E-state index contributed by atoms with van der Waals surface area (Å²) in [5, 5.41) is 3.99. The van der Waals surface area contributed by atoms with Gasteiger partial charge in [-0.05, 0) is 55.2 Å². The summed E-state index contributed by atoms with van der Waals surface area (Å²) in [4.78, 5) is 11.9. The number of amides is 1. The quantitative estimate of drug-likeness (QED) is 0.591. The number of nitrogens with zero attached hydrogens (tertiary/aromatic N) is 1. The molecule has 5 heteroatoms. The van der Waals surface area contributed by atoms with E-state index in [1.54, 1.807) is 20.4 Å². The molecular formula is C20H24N2O3. The number of benzene rings is 2. The van der Waals surface area contributed by atoms with Gasteiger partial charge in [0.05, 0.1) is 20.4 Å². The van der Waals surface area contributed by atoms with Crippen molar-refractivity contribution >= 4 is 12.1 Å². The molecule has 0 bridgehead atoms. The largest absolute Gasteiger partial charge is 0.497 e. The topological polar surface area (TPSA) is 59.9 Å². The lowest BCUT2D eigenvalue weighted by molar-refractivity contribution is -0.121. The molecule has 0 saturated carbocycles. The summed E-state index contributed by atoms with van der Waals surface area (Å²) < 4.78 is 10.4. The van der Waals surface area contributed by atoms with E-state index in [0.717, 1.165) is 29.9 Å². The fraction of sp³-hybridized carbons (Fsp3) is 0.300. The number of nitrogens with one attached hydrogen (secondary N) is 1. The van der Waals surface area contributed by atoms with Gasteiger partial charge in [-0.2, -0.15) is 5.10 Å². The summed E-state index contributed by atoms with van der Waals surface area (Å²) in [5.74, 6) is 1.47. The van der Waals surface area contributed by atoms with Gasteiger partial charge in [0.15, 0.2) is 0 Å². The maximum absolute atomic E-state index is 11.9. The summed E-state index contributed by atoms with van der Waals surface area (Å²) in [6, 6.07) is 13.5. The molecule has 0 spiro atoms. The predicted octanol–water partition coefficient (Wildman–Crippen LogP) is 3.49. The van der Waals surface area contributed by atoms with Gasteiger partial charge in [-0.1, -0.05) is 18.2 Å². The Morgan fingerprint density at radius 2 is 1.96 bits per heavy atom. The summed E-state index contributed by atoms with van der Waals surface area (Å²) in [6.45, 7) is 2.05. The van der Waals surface area contributed by atoms with Gasteiger partial charge in [-0.3, -0.25) is 4.79 Å². The zero-order chi connectivity index (χ0) is 18.1. The van der Waals surface area contributed by atoms with Crippen LogP contribution < -0.4 is 14.9 Å². The first-order valence-electron chi connectivity index (χ1n) is 8.22. The number of hydrogen-bond acceptors (Lipinski definition) is 4.